The third kappa shape index (κ3) is 6.75. The number of hydrogen-bond donors (Lipinski definition) is 1. The van der Waals surface area contributed by atoms with Crippen LogP contribution < -0.4 is 5.73 Å². The standard InChI is InChI=1S/C16H34N2/c1-13(2)7-9-18(10-8-14(3)4)12-15-5-6-16(17)11-15/h13-16H,5-12,17H2,1-4H3. The fraction of sp³-hybridized carbons (Fsp3) is 1.00. The summed E-state index contributed by atoms with van der Waals surface area (Å²) in [6, 6.07) is 0.479. The molecule has 0 saturated heterocycles. The Hall–Kier alpha value is -0.0800. The van der Waals surface area contributed by atoms with E-state index in [4.69, 9.17) is 5.73 Å². The van der Waals surface area contributed by atoms with Crippen LogP contribution in [-0.4, -0.2) is 30.6 Å². The van der Waals surface area contributed by atoms with E-state index in [1.165, 1.54) is 51.7 Å². The van der Waals surface area contributed by atoms with Gasteiger partial charge in [-0.2, -0.15) is 0 Å². The largest absolute Gasteiger partial charge is 0.328 e. The third-order valence-corrected chi connectivity index (χ3v) is 4.14. The Labute approximate surface area is 114 Å². The van der Waals surface area contributed by atoms with Crippen molar-refractivity contribution in [3.8, 4) is 0 Å². The van der Waals surface area contributed by atoms with Crippen molar-refractivity contribution >= 4 is 0 Å². The first-order valence-corrected chi connectivity index (χ1v) is 7.95. The van der Waals surface area contributed by atoms with Crippen LogP contribution in [0.4, 0.5) is 0 Å². The van der Waals surface area contributed by atoms with Crippen LogP contribution in [0.25, 0.3) is 0 Å². The lowest BCUT2D eigenvalue weighted by Gasteiger charge is -2.27. The maximum absolute atomic E-state index is 6.03. The van der Waals surface area contributed by atoms with Gasteiger partial charge in [-0.1, -0.05) is 27.7 Å². The normalized spacial score (nSPS) is 24.7. The van der Waals surface area contributed by atoms with Gasteiger partial charge in [-0.3, -0.25) is 0 Å². The van der Waals surface area contributed by atoms with Gasteiger partial charge in [0.05, 0.1) is 0 Å². The molecule has 0 aromatic rings. The van der Waals surface area contributed by atoms with E-state index in [9.17, 15) is 0 Å². The van der Waals surface area contributed by atoms with Gasteiger partial charge < -0.3 is 10.6 Å². The van der Waals surface area contributed by atoms with Crippen LogP contribution in [-0.2, 0) is 0 Å². The maximum Gasteiger partial charge on any atom is 0.00420 e. The van der Waals surface area contributed by atoms with Crippen molar-refractivity contribution in [2.24, 2.45) is 23.5 Å². The summed E-state index contributed by atoms with van der Waals surface area (Å²) in [4.78, 5) is 2.70. The fourth-order valence-corrected chi connectivity index (χ4v) is 2.82. The molecule has 1 rings (SSSR count). The molecule has 0 spiro atoms. The average molecular weight is 254 g/mol. The molecule has 1 fully saturated rings. The van der Waals surface area contributed by atoms with E-state index in [0.717, 1.165) is 17.8 Å². The molecule has 18 heavy (non-hydrogen) atoms. The molecule has 1 aliphatic rings. The first-order valence-electron chi connectivity index (χ1n) is 7.95. The topological polar surface area (TPSA) is 29.3 Å². The lowest BCUT2D eigenvalue weighted by molar-refractivity contribution is 0.209. The second-order valence-electron chi connectivity index (χ2n) is 7.10. The Morgan fingerprint density at radius 1 is 1.00 bits per heavy atom. The average Bonchev–Trinajstić information content (AvgIpc) is 2.67. The molecule has 1 saturated carbocycles. The number of hydrogen-bond acceptors (Lipinski definition) is 2. The summed E-state index contributed by atoms with van der Waals surface area (Å²) >= 11 is 0. The number of rotatable bonds is 8. The molecule has 0 bridgehead atoms. The van der Waals surface area contributed by atoms with Crippen molar-refractivity contribution in [1.29, 1.82) is 0 Å². The number of nitrogens with two attached hydrogens (primary N) is 1. The Morgan fingerprint density at radius 2 is 1.56 bits per heavy atom. The Morgan fingerprint density at radius 3 is 1.94 bits per heavy atom. The van der Waals surface area contributed by atoms with E-state index < -0.39 is 0 Å². The summed E-state index contributed by atoms with van der Waals surface area (Å²) in [5, 5.41) is 0. The fourth-order valence-electron chi connectivity index (χ4n) is 2.82. The summed E-state index contributed by atoms with van der Waals surface area (Å²) < 4.78 is 0. The predicted molar refractivity (Wildman–Crippen MR) is 80.7 cm³/mol. The summed E-state index contributed by atoms with van der Waals surface area (Å²) in [6.07, 6.45) is 6.50. The lowest BCUT2D eigenvalue weighted by Crippen LogP contribution is -2.32. The van der Waals surface area contributed by atoms with Crippen molar-refractivity contribution in [2.75, 3.05) is 19.6 Å². The first-order chi connectivity index (χ1) is 8.47. The van der Waals surface area contributed by atoms with Gasteiger partial charge >= 0.3 is 0 Å². The molecule has 0 heterocycles. The SMILES string of the molecule is CC(C)CCN(CCC(C)C)CC1CCC(N)C1. The second kappa shape index (κ2) is 8.16. The third-order valence-electron chi connectivity index (χ3n) is 4.14. The second-order valence-corrected chi connectivity index (χ2v) is 7.10. The van der Waals surface area contributed by atoms with Crippen LogP contribution in [0.1, 0.15) is 59.8 Å². The van der Waals surface area contributed by atoms with Gasteiger partial charge in [0.2, 0.25) is 0 Å². The minimum Gasteiger partial charge on any atom is -0.328 e. The van der Waals surface area contributed by atoms with Crippen molar-refractivity contribution in [3.63, 3.8) is 0 Å². The highest BCUT2D eigenvalue weighted by Gasteiger charge is 2.23. The molecule has 1 aliphatic carbocycles. The minimum absolute atomic E-state index is 0.479. The van der Waals surface area contributed by atoms with Gasteiger partial charge in [0, 0.05) is 12.6 Å². The first kappa shape index (κ1) is 16.0. The van der Waals surface area contributed by atoms with Gasteiger partial charge in [0.25, 0.3) is 0 Å². The highest BCUT2D eigenvalue weighted by molar-refractivity contribution is 4.80. The van der Waals surface area contributed by atoms with E-state index >= 15 is 0 Å². The highest BCUT2D eigenvalue weighted by atomic mass is 15.1. The number of nitrogens with zero attached hydrogens (tertiary/aromatic N) is 1. The lowest BCUT2D eigenvalue weighted by atomic mass is 10.0. The molecule has 2 N–H and O–H groups in total. The van der Waals surface area contributed by atoms with Crippen molar-refractivity contribution < 1.29 is 0 Å². The van der Waals surface area contributed by atoms with Gasteiger partial charge in [0.1, 0.15) is 0 Å². The Kier molecular flexibility index (Phi) is 7.25. The van der Waals surface area contributed by atoms with Gasteiger partial charge in [-0.05, 0) is 62.9 Å². The summed E-state index contributed by atoms with van der Waals surface area (Å²) in [6.45, 7) is 13.1. The van der Waals surface area contributed by atoms with Crippen LogP contribution in [0.15, 0.2) is 0 Å². The molecular formula is C16H34N2. The van der Waals surface area contributed by atoms with Crippen molar-refractivity contribution in [2.45, 2.75) is 65.8 Å². The van der Waals surface area contributed by atoms with Crippen LogP contribution in [0, 0.1) is 17.8 Å². The zero-order valence-electron chi connectivity index (χ0n) is 13.0. The molecule has 0 aliphatic heterocycles. The minimum atomic E-state index is 0.479. The Bertz CT molecular complexity index is 201. The van der Waals surface area contributed by atoms with Crippen LogP contribution in [0.3, 0.4) is 0 Å². The quantitative estimate of drug-likeness (QED) is 0.718. The van der Waals surface area contributed by atoms with E-state index in [1.54, 1.807) is 0 Å². The summed E-state index contributed by atoms with van der Waals surface area (Å²) in [5.41, 5.74) is 6.03. The van der Waals surface area contributed by atoms with Crippen LogP contribution >= 0.6 is 0 Å². The van der Waals surface area contributed by atoms with E-state index in [1.807, 2.05) is 0 Å². The molecule has 108 valence electrons. The van der Waals surface area contributed by atoms with Crippen LogP contribution in [0.5, 0.6) is 0 Å². The van der Waals surface area contributed by atoms with E-state index in [2.05, 4.69) is 32.6 Å². The monoisotopic (exact) mass is 254 g/mol. The van der Waals surface area contributed by atoms with Gasteiger partial charge in [0.15, 0.2) is 0 Å². The zero-order chi connectivity index (χ0) is 13.5. The van der Waals surface area contributed by atoms with Crippen LogP contribution in [0.2, 0.25) is 0 Å². The molecule has 0 amide bonds. The molecule has 0 aromatic heterocycles. The van der Waals surface area contributed by atoms with Crippen molar-refractivity contribution in [1.82, 2.24) is 4.90 Å². The molecule has 0 radical (unpaired) electrons. The predicted octanol–water partition coefficient (Wildman–Crippen LogP) is 3.51. The zero-order valence-corrected chi connectivity index (χ0v) is 13.0. The van der Waals surface area contributed by atoms with E-state index in [-0.39, 0.29) is 0 Å². The van der Waals surface area contributed by atoms with Gasteiger partial charge in [-0.15, -0.1) is 0 Å². The van der Waals surface area contributed by atoms with Crippen molar-refractivity contribution in [3.05, 3.63) is 0 Å². The molecule has 2 heteroatoms. The smallest absolute Gasteiger partial charge is 0.00420 e. The molecule has 2 nitrogen and oxygen atoms in total. The Balaban J connectivity index is 2.33. The van der Waals surface area contributed by atoms with E-state index in [0.29, 0.717) is 6.04 Å². The maximum atomic E-state index is 6.03. The molecule has 2 atom stereocenters. The van der Waals surface area contributed by atoms with Gasteiger partial charge in [-0.25, -0.2) is 0 Å². The molecule has 2 unspecified atom stereocenters. The summed E-state index contributed by atoms with van der Waals surface area (Å²) in [5.74, 6) is 2.49. The highest BCUT2D eigenvalue weighted by Crippen LogP contribution is 2.25. The summed E-state index contributed by atoms with van der Waals surface area (Å²) in [7, 11) is 0. The molecule has 0 aromatic carbocycles. The molecular weight excluding hydrogens is 220 g/mol.